The Kier molecular flexibility index (Phi) is 6.09. The summed E-state index contributed by atoms with van der Waals surface area (Å²) < 4.78 is 13.0. The number of benzene rings is 1. The van der Waals surface area contributed by atoms with E-state index >= 15 is 0 Å². The van der Waals surface area contributed by atoms with E-state index in [4.69, 9.17) is 14.5 Å². The van der Waals surface area contributed by atoms with Gasteiger partial charge in [0, 0.05) is 37.0 Å². The van der Waals surface area contributed by atoms with Crippen molar-refractivity contribution in [2.45, 2.75) is 26.0 Å². The van der Waals surface area contributed by atoms with E-state index in [0.717, 1.165) is 28.4 Å². The number of aryl methyl sites for hydroxylation is 2. The van der Waals surface area contributed by atoms with Crippen LogP contribution in [0, 0.1) is 6.92 Å². The van der Waals surface area contributed by atoms with Crippen LogP contribution >= 0.6 is 0 Å². The van der Waals surface area contributed by atoms with Crippen molar-refractivity contribution < 1.29 is 14.3 Å². The van der Waals surface area contributed by atoms with Crippen LogP contribution in [-0.4, -0.2) is 52.4 Å². The molecule has 1 unspecified atom stereocenters. The monoisotopic (exact) mass is 406 g/mol. The largest absolute Gasteiger partial charge is 0.497 e. The van der Waals surface area contributed by atoms with Gasteiger partial charge in [-0.05, 0) is 49.4 Å². The third kappa shape index (κ3) is 4.52. The second-order valence-corrected chi connectivity index (χ2v) is 7.32. The van der Waals surface area contributed by atoms with Gasteiger partial charge < -0.3 is 14.4 Å². The number of carbonyl (C=O) groups is 1. The minimum Gasteiger partial charge on any atom is -0.497 e. The second-order valence-electron chi connectivity index (χ2n) is 7.32. The Morgan fingerprint density at radius 1 is 1.20 bits per heavy atom. The zero-order valence-electron chi connectivity index (χ0n) is 17.3. The summed E-state index contributed by atoms with van der Waals surface area (Å²) in [5, 5.41) is 4.25. The third-order valence-corrected chi connectivity index (χ3v) is 5.37. The summed E-state index contributed by atoms with van der Waals surface area (Å²) in [6, 6.07) is 15.7. The maximum absolute atomic E-state index is 12.7. The molecule has 1 fully saturated rings. The Balaban J connectivity index is 1.42. The molecule has 1 atom stereocenters. The van der Waals surface area contributed by atoms with Crippen LogP contribution in [0.1, 0.15) is 23.9 Å². The fourth-order valence-corrected chi connectivity index (χ4v) is 3.60. The number of ether oxygens (including phenoxy) is 2. The smallest absolute Gasteiger partial charge is 0.224 e. The first kappa shape index (κ1) is 20.1. The molecule has 1 aromatic carbocycles. The molecule has 7 nitrogen and oxygen atoms in total. The molecular weight excluding hydrogens is 380 g/mol. The van der Waals surface area contributed by atoms with Gasteiger partial charge in [-0.2, -0.15) is 5.10 Å². The highest BCUT2D eigenvalue weighted by molar-refractivity contribution is 5.76. The standard InChI is InChI=1S/C23H26N4O3/c1-17-10-12-24-27(17)13-11-23(28)26-14-15-30-22(16-26)21-5-3-4-20(25-21)18-6-8-19(29-2)9-7-18/h3-10,12,22H,11,13-16H2,1-2H3. The number of rotatable bonds is 6. The lowest BCUT2D eigenvalue weighted by atomic mass is 10.1. The van der Waals surface area contributed by atoms with Gasteiger partial charge in [0.15, 0.2) is 0 Å². The Labute approximate surface area is 176 Å². The number of aromatic nitrogens is 3. The van der Waals surface area contributed by atoms with Crippen LogP contribution in [0.2, 0.25) is 0 Å². The van der Waals surface area contributed by atoms with E-state index in [-0.39, 0.29) is 12.0 Å². The number of hydrogen-bond acceptors (Lipinski definition) is 5. The number of morpholine rings is 1. The maximum atomic E-state index is 12.7. The molecule has 156 valence electrons. The zero-order valence-corrected chi connectivity index (χ0v) is 17.3. The molecule has 0 radical (unpaired) electrons. The highest BCUT2D eigenvalue weighted by Gasteiger charge is 2.26. The summed E-state index contributed by atoms with van der Waals surface area (Å²) in [4.78, 5) is 19.4. The van der Waals surface area contributed by atoms with Crippen molar-refractivity contribution >= 4 is 5.91 Å². The summed E-state index contributed by atoms with van der Waals surface area (Å²) in [6.07, 6.45) is 1.95. The van der Waals surface area contributed by atoms with Crippen molar-refractivity contribution in [3.63, 3.8) is 0 Å². The molecule has 0 N–H and O–H groups in total. The van der Waals surface area contributed by atoms with Gasteiger partial charge in [-0.15, -0.1) is 0 Å². The van der Waals surface area contributed by atoms with Gasteiger partial charge in [0.05, 0.1) is 31.6 Å². The minimum atomic E-state index is -0.229. The van der Waals surface area contributed by atoms with Gasteiger partial charge >= 0.3 is 0 Å². The first-order valence-electron chi connectivity index (χ1n) is 10.1. The van der Waals surface area contributed by atoms with Gasteiger partial charge in [-0.3, -0.25) is 9.48 Å². The summed E-state index contributed by atoms with van der Waals surface area (Å²) >= 11 is 0. The van der Waals surface area contributed by atoms with Crippen LogP contribution in [0.15, 0.2) is 54.7 Å². The summed E-state index contributed by atoms with van der Waals surface area (Å²) in [5.41, 5.74) is 3.78. The molecule has 0 spiro atoms. The van der Waals surface area contributed by atoms with Gasteiger partial charge in [-0.25, -0.2) is 4.98 Å². The maximum Gasteiger partial charge on any atom is 0.224 e. The lowest BCUT2D eigenvalue weighted by molar-refractivity contribution is -0.139. The molecule has 3 aromatic rings. The summed E-state index contributed by atoms with van der Waals surface area (Å²) in [6.45, 7) is 4.20. The predicted molar refractivity (Wildman–Crippen MR) is 113 cm³/mol. The fraction of sp³-hybridized carbons (Fsp3) is 0.348. The van der Waals surface area contributed by atoms with Crippen LogP contribution in [0.25, 0.3) is 11.3 Å². The highest BCUT2D eigenvalue weighted by atomic mass is 16.5. The molecule has 2 aromatic heterocycles. The average molecular weight is 406 g/mol. The van der Waals surface area contributed by atoms with E-state index in [2.05, 4.69) is 5.10 Å². The molecule has 4 rings (SSSR count). The van der Waals surface area contributed by atoms with Gasteiger partial charge in [0.25, 0.3) is 0 Å². The van der Waals surface area contributed by atoms with E-state index in [0.29, 0.717) is 32.7 Å². The molecule has 1 aliphatic rings. The SMILES string of the molecule is COc1ccc(-c2cccc(C3CN(C(=O)CCn4nccc4C)CCO3)n2)cc1. The Morgan fingerprint density at radius 2 is 2.03 bits per heavy atom. The fourth-order valence-electron chi connectivity index (χ4n) is 3.60. The van der Waals surface area contributed by atoms with E-state index in [9.17, 15) is 4.79 Å². The van der Waals surface area contributed by atoms with Crippen molar-refractivity contribution in [1.82, 2.24) is 19.7 Å². The number of carbonyl (C=O) groups excluding carboxylic acids is 1. The Bertz CT molecular complexity index is 1000. The Hall–Kier alpha value is -3.19. The summed E-state index contributed by atoms with van der Waals surface area (Å²) in [5.74, 6) is 0.925. The normalized spacial score (nSPS) is 16.5. The lowest BCUT2D eigenvalue weighted by Crippen LogP contribution is -2.42. The third-order valence-electron chi connectivity index (χ3n) is 5.37. The minimum absolute atomic E-state index is 0.115. The molecule has 1 amide bonds. The number of methoxy groups -OCH3 is 1. The second kappa shape index (κ2) is 9.09. The number of hydrogen-bond donors (Lipinski definition) is 0. The Morgan fingerprint density at radius 3 is 2.77 bits per heavy atom. The van der Waals surface area contributed by atoms with Crippen LogP contribution < -0.4 is 4.74 Å². The van der Waals surface area contributed by atoms with Crippen LogP contribution in [0.3, 0.4) is 0 Å². The van der Waals surface area contributed by atoms with Crippen molar-refractivity contribution in [3.8, 4) is 17.0 Å². The number of pyridine rings is 1. The first-order valence-corrected chi connectivity index (χ1v) is 10.1. The van der Waals surface area contributed by atoms with Gasteiger partial charge in [-0.1, -0.05) is 6.07 Å². The number of amides is 1. The van der Waals surface area contributed by atoms with Crippen molar-refractivity contribution in [1.29, 1.82) is 0 Å². The molecule has 1 saturated heterocycles. The van der Waals surface area contributed by atoms with E-state index in [1.807, 2.05) is 65.0 Å². The van der Waals surface area contributed by atoms with Gasteiger partial charge in [0.1, 0.15) is 11.9 Å². The van der Waals surface area contributed by atoms with Crippen molar-refractivity contribution in [3.05, 3.63) is 66.1 Å². The van der Waals surface area contributed by atoms with Crippen molar-refractivity contribution in [2.75, 3.05) is 26.8 Å². The number of nitrogens with zero attached hydrogens (tertiary/aromatic N) is 4. The summed E-state index contributed by atoms with van der Waals surface area (Å²) in [7, 11) is 1.65. The van der Waals surface area contributed by atoms with Crippen LogP contribution in [-0.2, 0) is 16.1 Å². The lowest BCUT2D eigenvalue weighted by Gasteiger charge is -2.33. The first-order chi connectivity index (χ1) is 14.6. The molecule has 30 heavy (non-hydrogen) atoms. The van der Waals surface area contributed by atoms with Gasteiger partial charge in [0.2, 0.25) is 5.91 Å². The zero-order chi connectivity index (χ0) is 20.9. The van der Waals surface area contributed by atoms with Crippen LogP contribution in [0.4, 0.5) is 0 Å². The molecule has 0 bridgehead atoms. The highest BCUT2D eigenvalue weighted by Crippen LogP contribution is 2.25. The molecule has 0 aliphatic carbocycles. The average Bonchev–Trinajstić information content (AvgIpc) is 3.22. The van der Waals surface area contributed by atoms with Crippen molar-refractivity contribution in [2.24, 2.45) is 0 Å². The van der Waals surface area contributed by atoms with E-state index in [1.165, 1.54) is 0 Å². The predicted octanol–water partition coefficient (Wildman–Crippen LogP) is 3.25. The molecule has 1 aliphatic heterocycles. The molecule has 0 saturated carbocycles. The van der Waals surface area contributed by atoms with Crippen LogP contribution in [0.5, 0.6) is 5.75 Å². The quantitative estimate of drug-likeness (QED) is 0.629. The van der Waals surface area contributed by atoms with E-state index < -0.39 is 0 Å². The topological polar surface area (TPSA) is 69.5 Å². The van der Waals surface area contributed by atoms with E-state index in [1.54, 1.807) is 13.3 Å². The molecule has 3 heterocycles. The molecular formula is C23H26N4O3. The molecule has 7 heteroatoms.